The predicted molar refractivity (Wildman–Crippen MR) is 144 cm³/mol. The molecule has 0 saturated carbocycles. The molecule has 2 amide bonds. The van der Waals surface area contributed by atoms with Gasteiger partial charge in [0.05, 0.1) is 6.54 Å². The molecule has 38 heavy (non-hydrogen) atoms. The fourth-order valence-corrected chi connectivity index (χ4v) is 3.93. The van der Waals surface area contributed by atoms with E-state index in [0.29, 0.717) is 0 Å². The Bertz CT molecular complexity index is 1180. The van der Waals surface area contributed by atoms with Crippen molar-refractivity contribution in [2.24, 2.45) is 5.92 Å². The number of hydrogen-bond acceptors (Lipinski definition) is 5. The van der Waals surface area contributed by atoms with E-state index in [2.05, 4.69) is 5.32 Å². The summed E-state index contributed by atoms with van der Waals surface area (Å²) in [6.07, 6.45) is -1.50. The molecule has 0 aliphatic carbocycles. The molecule has 3 rings (SSSR count). The molecule has 3 N–H and O–H groups in total. The number of carbonyl (C=O) groups is 3. The van der Waals surface area contributed by atoms with E-state index in [1.165, 1.54) is 4.90 Å². The van der Waals surface area contributed by atoms with Crippen LogP contribution in [-0.2, 0) is 27.4 Å². The minimum atomic E-state index is -1.57. The van der Waals surface area contributed by atoms with Crippen LogP contribution in [0.2, 0.25) is 0 Å². The van der Waals surface area contributed by atoms with Crippen molar-refractivity contribution in [1.29, 1.82) is 0 Å². The Morgan fingerprint density at radius 1 is 0.816 bits per heavy atom. The highest BCUT2D eigenvalue weighted by Crippen LogP contribution is 2.20. The first kappa shape index (κ1) is 28.4. The molecule has 0 unspecified atom stereocenters. The van der Waals surface area contributed by atoms with Crippen LogP contribution in [0.5, 0.6) is 0 Å². The number of amides is 2. The summed E-state index contributed by atoms with van der Waals surface area (Å²) in [6.45, 7) is 3.65. The number of aliphatic carboxylic acids is 1. The standard InChI is InChI=1S/C30H34N2O6/c1-21(2)18-32(19-27(33)29(36)38-20-23-9-5-3-6-10-23)30(37)31-26(28(34)35)17-22-13-15-25(16-14-22)24-11-7-4-8-12-24/h3-16,21,26-27,33H,17-20H2,1-2H3,(H,31,37)(H,34,35)/t26-,27-/m0/s1. The fraction of sp³-hybridized carbons (Fsp3) is 0.300. The summed E-state index contributed by atoms with van der Waals surface area (Å²) in [5.41, 5.74) is 3.57. The molecule has 0 aliphatic rings. The van der Waals surface area contributed by atoms with Crippen molar-refractivity contribution in [2.45, 2.75) is 39.0 Å². The summed E-state index contributed by atoms with van der Waals surface area (Å²) >= 11 is 0. The number of hydrogen-bond donors (Lipinski definition) is 3. The topological polar surface area (TPSA) is 116 Å². The number of benzene rings is 3. The molecule has 0 heterocycles. The lowest BCUT2D eigenvalue weighted by Crippen LogP contribution is -2.52. The Labute approximate surface area is 222 Å². The maximum atomic E-state index is 13.0. The predicted octanol–water partition coefficient (Wildman–Crippen LogP) is 4.12. The molecule has 200 valence electrons. The Morgan fingerprint density at radius 3 is 1.97 bits per heavy atom. The molecule has 0 spiro atoms. The third kappa shape index (κ3) is 8.74. The highest BCUT2D eigenvalue weighted by atomic mass is 16.5. The third-order valence-electron chi connectivity index (χ3n) is 5.86. The van der Waals surface area contributed by atoms with Crippen molar-refractivity contribution in [2.75, 3.05) is 13.1 Å². The van der Waals surface area contributed by atoms with Gasteiger partial charge in [-0.15, -0.1) is 0 Å². The molecule has 0 radical (unpaired) electrons. The zero-order valence-corrected chi connectivity index (χ0v) is 21.6. The Kier molecular flexibility index (Phi) is 10.4. The van der Waals surface area contributed by atoms with E-state index in [4.69, 9.17) is 4.74 Å². The number of ether oxygens (including phenoxy) is 1. The molecule has 8 heteroatoms. The second kappa shape index (κ2) is 13.9. The number of urea groups is 1. The van der Waals surface area contributed by atoms with Crippen molar-refractivity contribution in [1.82, 2.24) is 10.2 Å². The number of aliphatic hydroxyl groups excluding tert-OH is 1. The summed E-state index contributed by atoms with van der Waals surface area (Å²) in [5.74, 6) is -2.02. The van der Waals surface area contributed by atoms with Gasteiger partial charge in [0.2, 0.25) is 0 Å². The van der Waals surface area contributed by atoms with Gasteiger partial charge >= 0.3 is 18.0 Å². The Hall–Kier alpha value is -4.17. The normalized spacial score (nSPS) is 12.4. The van der Waals surface area contributed by atoms with Crippen molar-refractivity contribution in [3.05, 3.63) is 96.1 Å². The van der Waals surface area contributed by atoms with Gasteiger partial charge in [0.25, 0.3) is 0 Å². The quantitative estimate of drug-likeness (QED) is 0.311. The minimum Gasteiger partial charge on any atom is -0.480 e. The van der Waals surface area contributed by atoms with Gasteiger partial charge in [-0.2, -0.15) is 0 Å². The molecule has 0 fully saturated rings. The zero-order chi connectivity index (χ0) is 27.5. The summed E-state index contributed by atoms with van der Waals surface area (Å²) in [7, 11) is 0. The SMILES string of the molecule is CC(C)CN(C[C@H](O)C(=O)OCc1ccccc1)C(=O)N[C@@H](Cc1ccc(-c2ccccc2)cc1)C(=O)O. The van der Waals surface area contributed by atoms with E-state index >= 15 is 0 Å². The molecule has 8 nitrogen and oxygen atoms in total. The molecule has 0 bridgehead atoms. The smallest absolute Gasteiger partial charge is 0.337 e. The highest BCUT2D eigenvalue weighted by molar-refractivity contribution is 5.83. The number of rotatable bonds is 12. The molecule has 2 atom stereocenters. The summed E-state index contributed by atoms with van der Waals surface area (Å²) < 4.78 is 5.17. The van der Waals surface area contributed by atoms with E-state index < -0.39 is 30.1 Å². The van der Waals surface area contributed by atoms with E-state index in [9.17, 15) is 24.6 Å². The molecule has 0 aliphatic heterocycles. The van der Waals surface area contributed by atoms with Gasteiger partial charge in [-0.3, -0.25) is 0 Å². The van der Waals surface area contributed by atoms with E-state index in [1.807, 2.05) is 86.6 Å². The number of esters is 1. The largest absolute Gasteiger partial charge is 0.480 e. The number of carboxylic acid groups (broad SMARTS) is 1. The van der Waals surface area contributed by atoms with Gasteiger partial charge in [0.15, 0.2) is 6.10 Å². The van der Waals surface area contributed by atoms with Crippen LogP contribution in [-0.4, -0.2) is 58.3 Å². The number of carboxylic acids is 1. The van der Waals surface area contributed by atoms with E-state index in [0.717, 1.165) is 22.3 Å². The first-order valence-electron chi connectivity index (χ1n) is 12.5. The van der Waals surface area contributed by atoms with Crippen LogP contribution >= 0.6 is 0 Å². The average molecular weight is 519 g/mol. The third-order valence-corrected chi connectivity index (χ3v) is 5.86. The van der Waals surface area contributed by atoms with Crippen molar-refractivity contribution in [3.8, 4) is 11.1 Å². The van der Waals surface area contributed by atoms with E-state index in [-0.39, 0.29) is 32.0 Å². The Balaban J connectivity index is 1.61. The first-order valence-corrected chi connectivity index (χ1v) is 12.5. The summed E-state index contributed by atoms with van der Waals surface area (Å²) in [4.78, 5) is 38.6. The van der Waals surface area contributed by atoms with Crippen LogP contribution in [0.3, 0.4) is 0 Å². The van der Waals surface area contributed by atoms with Gasteiger partial charge in [-0.05, 0) is 28.2 Å². The van der Waals surface area contributed by atoms with Crippen molar-refractivity contribution in [3.63, 3.8) is 0 Å². The number of nitrogens with one attached hydrogen (secondary N) is 1. The summed E-state index contributed by atoms with van der Waals surface area (Å²) in [5, 5.41) is 22.7. The van der Waals surface area contributed by atoms with Gasteiger partial charge in [-0.1, -0.05) is 98.8 Å². The van der Waals surface area contributed by atoms with Crippen molar-refractivity contribution < 1.29 is 29.3 Å². The molecule has 0 aromatic heterocycles. The number of aliphatic hydroxyl groups is 1. The maximum Gasteiger partial charge on any atom is 0.337 e. The van der Waals surface area contributed by atoms with Crippen LogP contribution in [0.15, 0.2) is 84.9 Å². The monoisotopic (exact) mass is 518 g/mol. The molecule has 3 aromatic rings. The lowest BCUT2D eigenvalue weighted by molar-refractivity contribution is -0.155. The first-order chi connectivity index (χ1) is 18.2. The molecular weight excluding hydrogens is 484 g/mol. The number of nitrogens with zero attached hydrogens (tertiary/aromatic N) is 1. The zero-order valence-electron chi connectivity index (χ0n) is 21.6. The number of carbonyl (C=O) groups excluding carboxylic acids is 2. The Morgan fingerprint density at radius 2 is 1.39 bits per heavy atom. The lowest BCUT2D eigenvalue weighted by atomic mass is 10.0. The highest BCUT2D eigenvalue weighted by Gasteiger charge is 2.28. The molecule has 0 saturated heterocycles. The van der Waals surface area contributed by atoms with Crippen molar-refractivity contribution >= 4 is 18.0 Å². The van der Waals surface area contributed by atoms with Crippen LogP contribution in [0.25, 0.3) is 11.1 Å². The van der Waals surface area contributed by atoms with Crippen LogP contribution < -0.4 is 5.32 Å². The molecular formula is C30H34N2O6. The van der Waals surface area contributed by atoms with Gasteiger partial charge in [0, 0.05) is 13.0 Å². The van der Waals surface area contributed by atoms with E-state index in [1.54, 1.807) is 12.1 Å². The van der Waals surface area contributed by atoms with Gasteiger partial charge in [0.1, 0.15) is 12.6 Å². The lowest BCUT2D eigenvalue weighted by Gasteiger charge is -2.28. The second-order valence-electron chi connectivity index (χ2n) is 9.52. The van der Waals surface area contributed by atoms with Crippen LogP contribution in [0.4, 0.5) is 4.79 Å². The van der Waals surface area contributed by atoms with Crippen LogP contribution in [0.1, 0.15) is 25.0 Å². The maximum absolute atomic E-state index is 13.0. The van der Waals surface area contributed by atoms with Gasteiger partial charge in [-0.25, -0.2) is 14.4 Å². The fourth-order valence-electron chi connectivity index (χ4n) is 3.93. The summed E-state index contributed by atoms with van der Waals surface area (Å²) in [6, 6.07) is 24.5. The van der Waals surface area contributed by atoms with Gasteiger partial charge < -0.3 is 25.2 Å². The minimum absolute atomic E-state index is 0.00272. The van der Waals surface area contributed by atoms with Crippen LogP contribution in [0, 0.1) is 5.92 Å². The second-order valence-corrected chi connectivity index (χ2v) is 9.52. The molecule has 3 aromatic carbocycles. The average Bonchev–Trinajstić information content (AvgIpc) is 2.92.